The van der Waals surface area contributed by atoms with Gasteiger partial charge >= 0.3 is 0 Å². The van der Waals surface area contributed by atoms with Gasteiger partial charge in [0, 0.05) is 13.6 Å². The summed E-state index contributed by atoms with van der Waals surface area (Å²) in [4.78, 5) is 13.6. The molecule has 0 atom stereocenters. The molecule has 0 bridgehead atoms. The molecule has 0 saturated heterocycles. The number of rotatable bonds is 4. The SMILES string of the molecule is COc1cc(CN(C)C(=O)c2nnc(Cl)s2)ccc1O. The van der Waals surface area contributed by atoms with E-state index in [1.165, 1.54) is 18.1 Å². The Morgan fingerprint density at radius 2 is 2.25 bits per heavy atom. The molecule has 1 aromatic carbocycles. The first-order valence-corrected chi connectivity index (χ1v) is 6.81. The zero-order valence-electron chi connectivity index (χ0n) is 10.8. The van der Waals surface area contributed by atoms with Crippen molar-refractivity contribution >= 4 is 28.8 Å². The molecule has 1 amide bonds. The van der Waals surface area contributed by atoms with Gasteiger partial charge < -0.3 is 14.7 Å². The molecular weight excluding hydrogens is 302 g/mol. The summed E-state index contributed by atoms with van der Waals surface area (Å²) >= 11 is 6.69. The standard InChI is InChI=1S/C12H12ClN3O3S/c1-16(11(18)10-14-15-12(13)20-10)6-7-3-4-8(17)9(5-7)19-2/h3-5,17H,6H2,1-2H3. The highest BCUT2D eigenvalue weighted by Gasteiger charge is 2.17. The molecule has 0 aliphatic carbocycles. The minimum atomic E-state index is -0.263. The third kappa shape index (κ3) is 3.17. The maximum Gasteiger partial charge on any atom is 0.284 e. The van der Waals surface area contributed by atoms with Gasteiger partial charge in [-0.25, -0.2) is 0 Å². The monoisotopic (exact) mass is 313 g/mol. The molecule has 0 radical (unpaired) electrons. The van der Waals surface area contributed by atoms with Gasteiger partial charge in [-0.3, -0.25) is 4.79 Å². The summed E-state index contributed by atoms with van der Waals surface area (Å²) in [5.41, 5.74) is 0.825. The van der Waals surface area contributed by atoms with E-state index in [0.29, 0.717) is 12.3 Å². The van der Waals surface area contributed by atoms with Crippen LogP contribution in [-0.4, -0.2) is 40.3 Å². The summed E-state index contributed by atoms with van der Waals surface area (Å²) in [6.07, 6.45) is 0. The van der Waals surface area contributed by atoms with Crippen LogP contribution in [0.1, 0.15) is 15.4 Å². The smallest absolute Gasteiger partial charge is 0.284 e. The topological polar surface area (TPSA) is 75.5 Å². The lowest BCUT2D eigenvalue weighted by Crippen LogP contribution is -2.26. The number of methoxy groups -OCH3 is 1. The van der Waals surface area contributed by atoms with E-state index in [-0.39, 0.29) is 21.1 Å². The van der Waals surface area contributed by atoms with Crippen molar-refractivity contribution in [3.8, 4) is 11.5 Å². The van der Waals surface area contributed by atoms with E-state index >= 15 is 0 Å². The first-order chi connectivity index (χ1) is 9.51. The molecule has 0 fully saturated rings. The van der Waals surface area contributed by atoms with Crippen LogP contribution in [0.5, 0.6) is 11.5 Å². The predicted octanol–water partition coefficient (Wildman–Crippen LogP) is 2.18. The van der Waals surface area contributed by atoms with Crippen LogP contribution in [0.15, 0.2) is 18.2 Å². The Balaban J connectivity index is 2.11. The predicted molar refractivity (Wildman–Crippen MR) is 75.4 cm³/mol. The highest BCUT2D eigenvalue weighted by Crippen LogP contribution is 2.27. The number of hydrogen-bond donors (Lipinski definition) is 1. The van der Waals surface area contributed by atoms with E-state index in [1.807, 2.05) is 0 Å². The van der Waals surface area contributed by atoms with Crippen molar-refractivity contribution in [1.82, 2.24) is 15.1 Å². The van der Waals surface area contributed by atoms with Crippen LogP contribution in [-0.2, 0) is 6.54 Å². The molecule has 0 unspecified atom stereocenters. The molecule has 106 valence electrons. The van der Waals surface area contributed by atoms with Gasteiger partial charge in [0.15, 0.2) is 11.5 Å². The van der Waals surface area contributed by atoms with E-state index in [9.17, 15) is 9.90 Å². The Bertz CT molecular complexity index is 632. The first kappa shape index (κ1) is 14.5. The van der Waals surface area contributed by atoms with Gasteiger partial charge in [-0.1, -0.05) is 17.4 Å². The normalized spacial score (nSPS) is 10.3. The van der Waals surface area contributed by atoms with Crippen molar-refractivity contribution in [3.63, 3.8) is 0 Å². The molecule has 6 nitrogen and oxygen atoms in total. The van der Waals surface area contributed by atoms with Crippen LogP contribution in [0.4, 0.5) is 0 Å². The summed E-state index contributed by atoms with van der Waals surface area (Å²) in [6.45, 7) is 0.354. The molecule has 0 spiro atoms. The van der Waals surface area contributed by atoms with Crippen molar-refractivity contribution in [2.75, 3.05) is 14.2 Å². The van der Waals surface area contributed by atoms with Gasteiger partial charge in [0.2, 0.25) is 9.47 Å². The lowest BCUT2D eigenvalue weighted by Gasteiger charge is -2.16. The maximum atomic E-state index is 12.1. The Morgan fingerprint density at radius 3 is 2.85 bits per heavy atom. The number of aromatic nitrogens is 2. The van der Waals surface area contributed by atoms with Crippen LogP contribution in [0, 0.1) is 0 Å². The van der Waals surface area contributed by atoms with Crippen LogP contribution in [0.25, 0.3) is 0 Å². The average Bonchev–Trinajstić information content (AvgIpc) is 2.86. The van der Waals surface area contributed by atoms with Gasteiger partial charge in [0.1, 0.15) is 0 Å². The van der Waals surface area contributed by atoms with Crippen molar-refractivity contribution in [1.29, 1.82) is 0 Å². The Hall–Kier alpha value is -1.86. The van der Waals surface area contributed by atoms with Crippen molar-refractivity contribution in [2.24, 2.45) is 0 Å². The maximum absolute atomic E-state index is 12.1. The van der Waals surface area contributed by atoms with Gasteiger partial charge in [-0.2, -0.15) is 0 Å². The summed E-state index contributed by atoms with van der Waals surface area (Å²) in [6, 6.07) is 4.91. The van der Waals surface area contributed by atoms with Gasteiger partial charge in [0.25, 0.3) is 5.91 Å². The molecule has 0 aliphatic rings. The number of halogens is 1. The number of amides is 1. The third-order valence-corrected chi connectivity index (χ3v) is 3.60. The fraction of sp³-hybridized carbons (Fsp3) is 0.250. The van der Waals surface area contributed by atoms with Crippen LogP contribution >= 0.6 is 22.9 Å². The van der Waals surface area contributed by atoms with Crippen LogP contribution in [0.3, 0.4) is 0 Å². The largest absolute Gasteiger partial charge is 0.504 e. The van der Waals surface area contributed by atoms with E-state index in [1.54, 1.807) is 19.2 Å². The molecule has 2 rings (SSSR count). The lowest BCUT2D eigenvalue weighted by atomic mass is 10.2. The molecule has 0 saturated carbocycles. The van der Waals surface area contributed by atoms with Crippen molar-refractivity contribution in [3.05, 3.63) is 33.2 Å². The molecule has 1 aromatic heterocycles. The Morgan fingerprint density at radius 1 is 1.50 bits per heavy atom. The van der Waals surface area contributed by atoms with Gasteiger partial charge in [0.05, 0.1) is 7.11 Å². The quantitative estimate of drug-likeness (QED) is 0.936. The number of phenolic OH excluding ortho intramolecular Hbond substituents is 1. The summed E-state index contributed by atoms with van der Waals surface area (Å²) in [5.74, 6) is 0.157. The summed E-state index contributed by atoms with van der Waals surface area (Å²) in [5, 5.41) is 17.1. The van der Waals surface area contributed by atoms with E-state index in [0.717, 1.165) is 16.9 Å². The fourth-order valence-corrected chi connectivity index (χ4v) is 2.44. The zero-order valence-corrected chi connectivity index (χ0v) is 12.4. The van der Waals surface area contributed by atoms with E-state index < -0.39 is 0 Å². The number of phenols is 1. The fourth-order valence-electron chi connectivity index (χ4n) is 1.62. The zero-order chi connectivity index (χ0) is 14.7. The molecule has 8 heteroatoms. The van der Waals surface area contributed by atoms with Gasteiger partial charge in [-0.05, 0) is 29.3 Å². The number of nitrogens with zero attached hydrogens (tertiary/aromatic N) is 3. The second kappa shape index (κ2) is 6.06. The number of ether oxygens (including phenoxy) is 1. The first-order valence-electron chi connectivity index (χ1n) is 5.61. The summed E-state index contributed by atoms with van der Waals surface area (Å²) in [7, 11) is 3.12. The second-order valence-corrected chi connectivity index (χ2v) is 5.59. The number of carbonyl (C=O) groups excluding carboxylic acids is 1. The van der Waals surface area contributed by atoms with E-state index in [2.05, 4.69) is 10.2 Å². The highest BCUT2D eigenvalue weighted by atomic mass is 35.5. The average molecular weight is 314 g/mol. The van der Waals surface area contributed by atoms with E-state index in [4.69, 9.17) is 16.3 Å². The van der Waals surface area contributed by atoms with Crippen molar-refractivity contribution in [2.45, 2.75) is 6.54 Å². The molecular formula is C12H12ClN3O3S. The number of aromatic hydroxyl groups is 1. The minimum absolute atomic E-state index is 0.0566. The molecule has 1 N–H and O–H groups in total. The third-order valence-electron chi connectivity index (χ3n) is 2.59. The van der Waals surface area contributed by atoms with Crippen LogP contribution in [0.2, 0.25) is 4.47 Å². The molecule has 20 heavy (non-hydrogen) atoms. The Kier molecular flexibility index (Phi) is 4.41. The number of carbonyl (C=O) groups is 1. The van der Waals surface area contributed by atoms with Crippen molar-refractivity contribution < 1.29 is 14.6 Å². The number of benzene rings is 1. The molecule has 0 aliphatic heterocycles. The van der Waals surface area contributed by atoms with Crippen LogP contribution < -0.4 is 4.74 Å². The second-order valence-electron chi connectivity index (χ2n) is 4.03. The van der Waals surface area contributed by atoms with Gasteiger partial charge in [-0.15, -0.1) is 10.2 Å². The lowest BCUT2D eigenvalue weighted by molar-refractivity contribution is 0.0783. The molecule has 2 aromatic rings. The summed E-state index contributed by atoms with van der Waals surface area (Å²) < 4.78 is 5.25. The highest BCUT2D eigenvalue weighted by molar-refractivity contribution is 7.17. The number of hydrogen-bond acceptors (Lipinski definition) is 6. The Labute approximate surface area is 124 Å². The molecule has 1 heterocycles. The minimum Gasteiger partial charge on any atom is -0.504 e.